The van der Waals surface area contributed by atoms with Crippen molar-refractivity contribution in [1.82, 2.24) is 19.8 Å². The minimum absolute atomic E-state index is 0.0149. The van der Waals surface area contributed by atoms with Crippen LogP contribution < -0.4 is 15.4 Å². The monoisotopic (exact) mass is 699 g/mol. The third kappa shape index (κ3) is 5.10. The fraction of sp³-hybridized carbons (Fsp3) is 0.394. The molecule has 0 aliphatic carbocycles. The van der Waals surface area contributed by atoms with E-state index in [0.717, 1.165) is 36.4 Å². The van der Waals surface area contributed by atoms with Gasteiger partial charge in [-0.25, -0.2) is 22.4 Å². The second kappa shape index (κ2) is 12.0. The summed E-state index contributed by atoms with van der Waals surface area (Å²) in [4.78, 5) is 29.7. The van der Waals surface area contributed by atoms with Crippen LogP contribution in [0.25, 0.3) is 37.0 Å². The molecule has 5 heterocycles. The van der Waals surface area contributed by atoms with E-state index in [2.05, 4.69) is 26.3 Å². The van der Waals surface area contributed by atoms with Gasteiger partial charge in [-0.1, -0.05) is 24.2 Å². The average Bonchev–Trinajstić information content (AvgIpc) is 3.80. The summed E-state index contributed by atoms with van der Waals surface area (Å²) in [5.41, 5.74) is 5.25. The normalized spacial score (nSPS) is 23.9. The molecule has 3 saturated heterocycles. The number of likely N-dealkylation sites (tertiary alicyclic amines) is 1. The van der Waals surface area contributed by atoms with Crippen molar-refractivity contribution in [2.45, 2.75) is 43.2 Å². The minimum atomic E-state index is -1.47. The molecule has 9 nitrogen and oxygen atoms in total. The maximum atomic E-state index is 16.9. The van der Waals surface area contributed by atoms with Crippen LogP contribution in [0.1, 0.15) is 19.3 Å². The number of alkyl halides is 2. The number of nitrogen functional groups attached to an aromatic ring is 1. The number of anilines is 2. The van der Waals surface area contributed by atoms with Crippen LogP contribution in [0.5, 0.6) is 6.01 Å². The fourth-order valence-corrected chi connectivity index (χ4v) is 8.69. The summed E-state index contributed by atoms with van der Waals surface area (Å²) in [5, 5.41) is 0.245. The average molecular weight is 700 g/mol. The lowest BCUT2D eigenvalue weighted by Gasteiger charge is -2.31. The van der Waals surface area contributed by atoms with E-state index < -0.39 is 41.5 Å². The van der Waals surface area contributed by atoms with Crippen LogP contribution in [-0.4, -0.2) is 89.4 Å². The standard InChI is InChI=1S/C33H30ClF4N7O2S/c1-4-23(46)44-13-21(37)22(14-44)43(3)31-18-10-19(34)24(17-6-7-20(36)29-25(17)28(40-2)30(39)48-29)26(38)27(18)41-32(42-31)47-15-33-8-5-9-45(33)12-16(35)11-33/h4,6-7,10,16,21-22H,1,5,8-9,11-15,39H2,3H3/t16-,21-,22+,33+/m1/s1. The number of hydrogen-bond acceptors (Lipinski definition) is 8. The molecule has 0 radical (unpaired) electrons. The van der Waals surface area contributed by atoms with Crippen LogP contribution in [0.4, 0.5) is 34.1 Å². The lowest BCUT2D eigenvalue weighted by atomic mass is 9.95. The molecule has 0 bridgehead atoms. The Morgan fingerprint density at radius 3 is 2.85 bits per heavy atom. The largest absolute Gasteiger partial charge is 0.461 e. The molecule has 3 aliphatic rings. The van der Waals surface area contributed by atoms with E-state index in [1.54, 1.807) is 7.05 Å². The molecule has 0 unspecified atom stereocenters. The molecular formula is C33H30ClF4N7O2S. The maximum absolute atomic E-state index is 16.9. The third-order valence-electron chi connectivity index (χ3n) is 9.78. The van der Waals surface area contributed by atoms with E-state index in [-0.39, 0.29) is 85.8 Å². The van der Waals surface area contributed by atoms with Crippen molar-refractivity contribution in [2.24, 2.45) is 0 Å². The number of nitrogens with two attached hydrogens (primary N) is 1. The Balaban J connectivity index is 1.38. The van der Waals surface area contributed by atoms with Crippen molar-refractivity contribution in [1.29, 1.82) is 0 Å². The Kier molecular flexibility index (Phi) is 8.12. The molecule has 1 amide bonds. The highest BCUT2D eigenvalue weighted by Crippen LogP contribution is 2.49. The predicted octanol–water partition coefficient (Wildman–Crippen LogP) is 6.70. The van der Waals surface area contributed by atoms with Gasteiger partial charge in [-0.2, -0.15) is 9.97 Å². The smallest absolute Gasteiger partial charge is 0.319 e. The molecule has 0 spiro atoms. The molecule has 3 fully saturated rings. The van der Waals surface area contributed by atoms with Crippen LogP contribution in [0.2, 0.25) is 5.02 Å². The number of fused-ring (bicyclic) bond motifs is 3. The summed E-state index contributed by atoms with van der Waals surface area (Å²) in [7, 11) is 1.58. The number of ether oxygens (including phenoxy) is 1. The molecule has 48 heavy (non-hydrogen) atoms. The van der Waals surface area contributed by atoms with Crippen molar-refractivity contribution in [3.05, 3.63) is 58.9 Å². The van der Waals surface area contributed by atoms with Gasteiger partial charge in [0.2, 0.25) is 11.6 Å². The molecule has 0 saturated carbocycles. The highest BCUT2D eigenvalue weighted by atomic mass is 35.5. The molecule has 15 heteroatoms. The van der Waals surface area contributed by atoms with Crippen LogP contribution in [0.3, 0.4) is 0 Å². The maximum Gasteiger partial charge on any atom is 0.319 e. The number of aromatic nitrogens is 2. The van der Waals surface area contributed by atoms with E-state index in [9.17, 15) is 13.6 Å². The van der Waals surface area contributed by atoms with Crippen molar-refractivity contribution >= 4 is 66.3 Å². The number of halogens is 5. The van der Waals surface area contributed by atoms with Crippen molar-refractivity contribution in [3.8, 4) is 17.1 Å². The second-order valence-corrected chi connectivity index (χ2v) is 14.0. The molecule has 4 aromatic rings. The lowest BCUT2D eigenvalue weighted by molar-refractivity contribution is -0.125. The van der Waals surface area contributed by atoms with Gasteiger partial charge in [0.1, 0.15) is 36.1 Å². The predicted molar refractivity (Wildman–Crippen MR) is 178 cm³/mol. The number of hydrogen-bond donors (Lipinski definition) is 1. The molecule has 7 rings (SSSR count). The van der Waals surface area contributed by atoms with Gasteiger partial charge in [-0.3, -0.25) is 9.69 Å². The quantitative estimate of drug-likeness (QED) is 0.130. The Morgan fingerprint density at radius 2 is 2.10 bits per heavy atom. The summed E-state index contributed by atoms with van der Waals surface area (Å²) >= 11 is 7.65. The first-order valence-electron chi connectivity index (χ1n) is 15.3. The van der Waals surface area contributed by atoms with Gasteiger partial charge in [0.25, 0.3) is 0 Å². The zero-order valence-corrected chi connectivity index (χ0v) is 27.4. The molecule has 4 atom stereocenters. The number of carbonyl (C=O) groups excluding carboxylic acids is 1. The van der Waals surface area contributed by atoms with E-state index in [0.29, 0.717) is 13.0 Å². The van der Waals surface area contributed by atoms with Gasteiger partial charge in [0, 0.05) is 42.9 Å². The summed E-state index contributed by atoms with van der Waals surface area (Å²) in [5.74, 6) is -1.84. The van der Waals surface area contributed by atoms with Crippen molar-refractivity contribution in [2.75, 3.05) is 50.5 Å². The molecule has 2 aromatic carbocycles. The molecular weight excluding hydrogens is 670 g/mol. The van der Waals surface area contributed by atoms with Gasteiger partial charge >= 0.3 is 6.01 Å². The first-order chi connectivity index (χ1) is 23.0. The first kappa shape index (κ1) is 32.4. The van der Waals surface area contributed by atoms with Crippen molar-refractivity contribution in [3.63, 3.8) is 0 Å². The number of benzene rings is 2. The fourth-order valence-electron chi connectivity index (χ4n) is 7.46. The highest BCUT2D eigenvalue weighted by molar-refractivity contribution is 7.23. The number of amides is 1. The van der Waals surface area contributed by atoms with E-state index in [1.165, 1.54) is 21.9 Å². The van der Waals surface area contributed by atoms with Gasteiger partial charge < -0.3 is 20.3 Å². The zero-order chi connectivity index (χ0) is 34.1. The topological polar surface area (TPSA) is 92.2 Å². The third-order valence-corrected chi connectivity index (χ3v) is 11.1. The number of nitrogens with zero attached hydrogens (tertiary/aromatic N) is 6. The van der Waals surface area contributed by atoms with E-state index in [4.69, 9.17) is 28.6 Å². The number of likely N-dealkylation sites (N-methyl/N-ethyl adjacent to an activating group) is 1. The molecule has 2 aromatic heterocycles. The Bertz CT molecular complexity index is 2040. The molecule has 250 valence electrons. The first-order valence-corrected chi connectivity index (χ1v) is 16.5. The van der Waals surface area contributed by atoms with E-state index in [1.807, 2.05) is 0 Å². The van der Waals surface area contributed by atoms with Crippen LogP contribution in [-0.2, 0) is 4.79 Å². The lowest BCUT2D eigenvalue weighted by Crippen LogP contribution is -2.43. The van der Waals surface area contributed by atoms with Crippen LogP contribution in [0, 0.1) is 18.2 Å². The number of thiophene rings is 1. The molecule has 3 aliphatic heterocycles. The summed E-state index contributed by atoms with van der Waals surface area (Å²) in [6.07, 6.45) is 0.524. The minimum Gasteiger partial charge on any atom is -0.461 e. The second-order valence-electron chi connectivity index (χ2n) is 12.5. The Hall–Kier alpha value is -4.19. The van der Waals surface area contributed by atoms with Gasteiger partial charge in [-0.05, 0) is 43.2 Å². The Morgan fingerprint density at radius 1 is 1.31 bits per heavy atom. The van der Waals surface area contributed by atoms with Crippen molar-refractivity contribution < 1.29 is 27.1 Å². The SMILES string of the molecule is [C-]#[N+]c1c(N)sc2c(F)ccc(-c3c(Cl)cc4c(N(C)[C@H]5CN(C(=O)C=C)C[C@H]5F)nc(OC[C@@]56CCCN5C[C@H](F)C6)nc4c3F)c12. The molecule has 2 N–H and O–H groups in total. The summed E-state index contributed by atoms with van der Waals surface area (Å²) in [6.45, 7) is 12.1. The summed E-state index contributed by atoms with van der Waals surface area (Å²) in [6, 6.07) is 2.85. The van der Waals surface area contributed by atoms with Gasteiger partial charge in [0.15, 0.2) is 5.82 Å². The highest BCUT2D eigenvalue weighted by Gasteiger charge is 2.49. The van der Waals surface area contributed by atoms with Gasteiger partial charge in [-0.15, -0.1) is 11.3 Å². The van der Waals surface area contributed by atoms with Gasteiger partial charge in [0.05, 0.1) is 39.4 Å². The van der Waals surface area contributed by atoms with Crippen LogP contribution in [0.15, 0.2) is 30.9 Å². The zero-order valence-electron chi connectivity index (χ0n) is 25.8. The summed E-state index contributed by atoms with van der Waals surface area (Å²) < 4.78 is 68.0. The number of carbonyl (C=O) groups is 1. The Labute approximate surface area is 282 Å². The number of rotatable bonds is 7. The van der Waals surface area contributed by atoms with E-state index >= 15 is 8.78 Å². The van der Waals surface area contributed by atoms with Crippen LogP contribution >= 0.6 is 22.9 Å².